The van der Waals surface area contributed by atoms with E-state index in [0.29, 0.717) is 5.75 Å². The highest BCUT2D eigenvalue weighted by Crippen LogP contribution is 2.31. The highest BCUT2D eigenvalue weighted by molar-refractivity contribution is 5.98. The first-order valence-electron chi connectivity index (χ1n) is 7.07. The van der Waals surface area contributed by atoms with Crippen molar-refractivity contribution in [3.8, 4) is 5.75 Å². The van der Waals surface area contributed by atoms with E-state index in [-0.39, 0.29) is 10.6 Å². The van der Waals surface area contributed by atoms with Crippen LogP contribution < -0.4 is 9.64 Å². The molecule has 0 saturated heterocycles. The van der Waals surface area contributed by atoms with Crippen molar-refractivity contribution in [3.05, 3.63) is 36.9 Å². The van der Waals surface area contributed by atoms with Crippen LogP contribution in [0.25, 0.3) is 0 Å². The van der Waals surface area contributed by atoms with Gasteiger partial charge < -0.3 is 4.74 Å². The Kier molecular flexibility index (Phi) is 3.29. The minimum absolute atomic E-state index is 0.187. The summed E-state index contributed by atoms with van der Waals surface area (Å²) in [5, 5.41) is 0. The lowest BCUT2D eigenvalue weighted by molar-refractivity contribution is -0.171. The highest BCUT2D eigenvalue weighted by atomic mass is 19.4. The zero-order valence-electron chi connectivity index (χ0n) is 14.0. The van der Waals surface area contributed by atoms with Gasteiger partial charge in [-0.05, 0) is 38.0 Å². The summed E-state index contributed by atoms with van der Waals surface area (Å²) in [6.07, 6.45) is -4.43. The lowest BCUT2D eigenvalue weighted by Gasteiger charge is -2.36. The monoisotopic (exact) mass is 290 g/mol. The summed E-state index contributed by atoms with van der Waals surface area (Å²) in [5.74, 6) is -1.94. The van der Waals surface area contributed by atoms with E-state index in [2.05, 4.69) is 6.58 Å². The van der Waals surface area contributed by atoms with Crippen LogP contribution in [0.2, 0.25) is 0 Å². The van der Waals surface area contributed by atoms with E-state index in [0.717, 1.165) is 13.0 Å². The molecule has 0 heterocycles. The van der Waals surface area contributed by atoms with Crippen LogP contribution in [0.3, 0.4) is 0 Å². The smallest absolute Gasteiger partial charge is 0.471 e. The Morgan fingerprint density at radius 2 is 1.95 bits per heavy atom. The molecule has 1 amide bonds. The van der Waals surface area contributed by atoms with Gasteiger partial charge in [-0.3, -0.25) is 9.69 Å². The van der Waals surface area contributed by atoms with Crippen molar-refractivity contribution in [3.63, 3.8) is 0 Å². The maximum absolute atomic E-state index is 13.0. The van der Waals surface area contributed by atoms with Gasteiger partial charge in [0, 0.05) is 9.80 Å². The van der Waals surface area contributed by atoms with E-state index in [4.69, 9.17) is 8.85 Å². The minimum Gasteiger partial charge on any atom is -0.497 e. The third-order valence-electron chi connectivity index (χ3n) is 2.64. The number of amides is 1. The molecule has 6 heteroatoms. The van der Waals surface area contributed by atoms with Gasteiger partial charge in [0.25, 0.3) is 0 Å². The molecule has 1 rings (SSSR count). The van der Waals surface area contributed by atoms with Crippen LogP contribution in [-0.4, -0.2) is 24.7 Å². The minimum atomic E-state index is -5.24. The molecule has 110 valence electrons. The lowest BCUT2D eigenvalue weighted by Crippen LogP contribution is -2.52. The number of hydrogen-bond donors (Lipinski definition) is 0. The number of methoxy groups -OCH3 is 1. The summed E-state index contributed by atoms with van der Waals surface area (Å²) in [6.45, 7) is 1.38. The lowest BCUT2D eigenvalue weighted by atomic mass is 10.0. The molecule has 0 bridgehead atoms. The first kappa shape index (κ1) is 11.8. The largest absolute Gasteiger partial charge is 0.497 e. The van der Waals surface area contributed by atoms with Crippen LogP contribution >= 0.6 is 0 Å². The van der Waals surface area contributed by atoms with Crippen LogP contribution in [0, 0.1) is 0 Å². The van der Waals surface area contributed by atoms with E-state index in [9.17, 15) is 18.0 Å². The van der Waals surface area contributed by atoms with Crippen LogP contribution in [0.15, 0.2) is 36.9 Å². The zero-order valence-corrected chi connectivity index (χ0v) is 11.0. The topological polar surface area (TPSA) is 29.5 Å². The molecule has 1 aromatic rings. The number of carbonyl (C=O) groups is 1. The quantitative estimate of drug-likeness (QED) is 0.794. The Morgan fingerprint density at radius 1 is 1.40 bits per heavy atom. The molecule has 0 saturated carbocycles. The van der Waals surface area contributed by atoms with Crippen molar-refractivity contribution in [1.29, 1.82) is 0 Å². The maximum Gasteiger partial charge on any atom is 0.471 e. The Bertz CT molecular complexity index is 584. The van der Waals surface area contributed by atoms with E-state index < -0.39 is 24.5 Å². The van der Waals surface area contributed by atoms with Crippen LogP contribution in [0.4, 0.5) is 18.9 Å². The molecule has 0 radical (unpaired) electrons. The second-order valence-electron chi connectivity index (χ2n) is 4.19. The second-order valence-corrected chi connectivity index (χ2v) is 4.19. The highest BCUT2D eigenvalue weighted by Gasteiger charge is 2.46. The van der Waals surface area contributed by atoms with Crippen LogP contribution in [0.1, 0.15) is 17.9 Å². The standard InChI is InChI=1S/C14H16F3NO2/c1-5-13(2,3)18(12(19)14(15,16)17)10-6-8-11(20-4)9-7-10/h5-9H,1H2,2-4H3/i2D3/t13-/m0/s1. The molecule has 0 aliphatic carbocycles. The summed E-state index contributed by atoms with van der Waals surface area (Å²) >= 11 is 0. The van der Waals surface area contributed by atoms with Crippen molar-refractivity contribution in [2.45, 2.75) is 25.5 Å². The average Bonchev–Trinajstić information content (AvgIpc) is 2.45. The van der Waals surface area contributed by atoms with E-state index >= 15 is 0 Å². The third kappa shape index (κ3) is 3.31. The van der Waals surface area contributed by atoms with Gasteiger partial charge in [-0.1, -0.05) is 6.08 Å². The SMILES string of the molecule is [2H]C([2H])([2H])[C@](C)(C=C)N(C(=O)C(F)(F)F)c1ccc(OC)cc1. The number of carbonyl (C=O) groups excluding carboxylic acids is 1. The number of anilines is 1. The summed E-state index contributed by atoms with van der Waals surface area (Å²) in [4.78, 5) is 12.0. The van der Waals surface area contributed by atoms with Gasteiger partial charge in [-0.25, -0.2) is 0 Å². The molecule has 0 fully saturated rings. The summed E-state index contributed by atoms with van der Waals surface area (Å²) in [5.41, 5.74) is -2.47. The number of ether oxygens (including phenoxy) is 1. The van der Waals surface area contributed by atoms with Gasteiger partial charge in [0.05, 0.1) is 12.6 Å². The molecule has 0 aromatic heterocycles. The molecule has 0 aliphatic rings. The van der Waals surface area contributed by atoms with Crippen molar-refractivity contribution >= 4 is 11.6 Å². The molecule has 0 unspecified atom stereocenters. The van der Waals surface area contributed by atoms with Gasteiger partial charge >= 0.3 is 12.1 Å². The number of nitrogens with zero attached hydrogens (tertiary/aromatic N) is 1. The van der Waals surface area contributed by atoms with Crippen LogP contribution in [0.5, 0.6) is 5.75 Å². The van der Waals surface area contributed by atoms with Gasteiger partial charge in [0.1, 0.15) is 5.75 Å². The molecule has 3 nitrogen and oxygen atoms in total. The van der Waals surface area contributed by atoms with Crippen molar-refractivity contribution in [2.75, 3.05) is 12.0 Å². The summed E-state index contributed by atoms with van der Waals surface area (Å²) in [7, 11) is 1.37. The molecule has 0 aliphatic heterocycles. The molecule has 0 spiro atoms. The summed E-state index contributed by atoms with van der Waals surface area (Å²) in [6, 6.07) is 5.01. The molecular formula is C14H16F3NO2. The van der Waals surface area contributed by atoms with E-state index in [1.807, 2.05) is 0 Å². The fourth-order valence-electron chi connectivity index (χ4n) is 1.55. The van der Waals surface area contributed by atoms with Crippen LogP contribution in [-0.2, 0) is 4.79 Å². The number of rotatable bonds is 4. The Morgan fingerprint density at radius 3 is 2.30 bits per heavy atom. The molecular weight excluding hydrogens is 271 g/mol. The fraction of sp³-hybridized carbons (Fsp3) is 0.357. The fourth-order valence-corrected chi connectivity index (χ4v) is 1.55. The van der Waals surface area contributed by atoms with Crippen molar-refractivity contribution in [2.24, 2.45) is 0 Å². The first-order valence-corrected chi connectivity index (χ1v) is 5.57. The average molecular weight is 290 g/mol. The third-order valence-corrected chi connectivity index (χ3v) is 2.64. The number of benzene rings is 1. The van der Waals surface area contributed by atoms with Gasteiger partial charge in [0.2, 0.25) is 0 Å². The molecule has 0 N–H and O–H groups in total. The predicted molar refractivity (Wildman–Crippen MR) is 70.8 cm³/mol. The second kappa shape index (κ2) is 5.56. The predicted octanol–water partition coefficient (Wildman–Crippen LogP) is 3.56. The van der Waals surface area contributed by atoms with Crippen molar-refractivity contribution < 1.29 is 26.8 Å². The van der Waals surface area contributed by atoms with Gasteiger partial charge in [-0.2, -0.15) is 13.2 Å². The Hall–Kier alpha value is -1.98. The Balaban J connectivity index is 3.55. The van der Waals surface area contributed by atoms with E-state index in [1.165, 1.54) is 31.4 Å². The number of halogens is 3. The number of alkyl halides is 3. The Labute approximate surface area is 119 Å². The maximum atomic E-state index is 13.0. The normalized spacial score (nSPS) is 17.1. The van der Waals surface area contributed by atoms with Crippen molar-refractivity contribution in [1.82, 2.24) is 0 Å². The zero-order chi connectivity index (χ0) is 18.1. The number of hydrogen-bond acceptors (Lipinski definition) is 2. The summed E-state index contributed by atoms with van der Waals surface area (Å²) < 4.78 is 66.3. The molecule has 1 atom stereocenters. The van der Waals surface area contributed by atoms with Gasteiger partial charge in [-0.15, -0.1) is 6.58 Å². The molecule has 1 aromatic carbocycles. The van der Waals surface area contributed by atoms with E-state index in [1.54, 1.807) is 0 Å². The van der Waals surface area contributed by atoms with Gasteiger partial charge in [0.15, 0.2) is 0 Å². The first-order chi connectivity index (χ1) is 10.4. The molecule has 20 heavy (non-hydrogen) atoms.